The zero-order valence-electron chi connectivity index (χ0n) is 23.9. The fourth-order valence-electron chi connectivity index (χ4n) is 5.11. The summed E-state index contributed by atoms with van der Waals surface area (Å²) in [4.78, 5) is 25.3. The van der Waals surface area contributed by atoms with E-state index in [1.807, 2.05) is 36.4 Å². The van der Waals surface area contributed by atoms with Crippen molar-refractivity contribution in [1.82, 2.24) is 5.32 Å². The van der Waals surface area contributed by atoms with Crippen LogP contribution < -0.4 is 15.7 Å². The van der Waals surface area contributed by atoms with Crippen LogP contribution in [0.2, 0.25) is 5.04 Å². The van der Waals surface area contributed by atoms with Gasteiger partial charge in [-0.25, -0.2) is 13.2 Å². The summed E-state index contributed by atoms with van der Waals surface area (Å²) in [5.74, 6) is -1.80. The van der Waals surface area contributed by atoms with Crippen LogP contribution in [0, 0.1) is 0 Å². The van der Waals surface area contributed by atoms with Crippen molar-refractivity contribution in [2.75, 3.05) is 6.61 Å². The summed E-state index contributed by atoms with van der Waals surface area (Å²) in [7, 11) is -6.61. The zero-order valence-corrected chi connectivity index (χ0v) is 25.7. The summed E-state index contributed by atoms with van der Waals surface area (Å²) in [6, 6.07) is 32.3. The molecule has 42 heavy (non-hydrogen) atoms. The number of carboxylic acid groups (broad SMARTS) is 1. The number of benzene rings is 4. The number of rotatable bonds is 11. The first kappa shape index (κ1) is 30.9. The molecule has 4 aromatic carbocycles. The summed E-state index contributed by atoms with van der Waals surface area (Å²) in [5, 5.41) is 14.4. The lowest BCUT2D eigenvalue weighted by Gasteiger charge is -2.43. The maximum absolute atomic E-state index is 13.0. The fraction of sp³-hybridized carbons (Fsp3) is 0.212. The molecule has 1 atom stereocenters. The number of carbonyl (C=O) groups excluding carboxylic acids is 1. The van der Waals surface area contributed by atoms with Gasteiger partial charge in [0.2, 0.25) is 9.84 Å². The summed E-state index contributed by atoms with van der Waals surface area (Å²) in [6.07, 6.45) is 0.0477. The summed E-state index contributed by atoms with van der Waals surface area (Å²) < 4.78 is 32.5. The Balaban J connectivity index is 1.51. The second-order valence-corrected chi connectivity index (χ2v) is 17.3. The molecule has 4 aromatic rings. The third kappa shape index (κ3) is 6.54. The first-order chi connectivity index (χ1) is 20.0. The zero-order chi connectivity index (χ0) is 30.4. The van der Waals surface area contributed by atoms with Gasteiger partial charge in [0.1, 0.15) is 6.04 Å². The minimum Gasteiger partial charge on any atom is -0.480 e. The SMILES string of the molecule is CC(C)(C)[Si](OCC[C@H](NC(=O)c1ccc(S(=O)(=O)c2ccccc2)cc1)C(=O)O)(c1ccccc1)c1ccccc1. The molecule has 0 saturated heterocycles. The highest BCUT2D eigenvalue weighted by Gasteiger charge is 2.50. The van der Waals surface area contributed by atoms with E-state index in [0.29, 0.717) is 0 Å². The highest BCUT2D eigenvalue weighted by molar-refractivity contribution is 7.91. The fourth-order valence-corrected chi connectivity index (χ4v) is 11.0. The largest absolute Gasteiger partial charge is 0.480 e. The Morgan fingerprint density at radius 2 is 1.21 bits per heavy atom. The highest BCUT2D eigenvalue weighted by Crippen LogP contribution is 2.36. The molecule has 0 bridgehead atoms. The molecule has 0 aromatic heterocycles. The Labute approximate surface area is 248 Å². The molecule has 0 radical (unpaired) electrons. The van der Waals surface area contributed by atoms with Gasteiger partial charge in [0, 0.05) is 18.6 Å². The first-order valence-electron chi connectivity index (χ1n) is 13.7. The van der Waals surface area contributed by atoms with Crippen LogP contribution in [-0.2, 0) is 19.1 Å². The van der Waals surface area contributed by atoms with Crippen molar-refractivity contribution < 1.29 is 27.5 Å². The first-order valence-corrected chi connectivity index (χ1v) is 17.0. The van der Waals surface area contributed by atoms with E-state index < -0.39 is 36.1 Å². The Kier molecular flexibility index (Phi) is 9.45. The van der Waals surface area contributed by atoms with Crippen LogP contribution in [-0.4, -0.2) is 46.4 Å². The lowest BCUT2D eigenvalue weighted by atomic mass is 10.1. The minimum absolute atomic E-state index is 0.0405. The molecule has 0 aliphatic rings. The molecule has 0 unspecified atom stereocenters. The van der Waals surface area contributed by atoms with Gasteiger partial charge in [-0.3, -0.25) is 4.79 Å². The van der Waals surface area contributed by atoms with Crippen LogP contribution in [0.4, 0.5) is 0 Å². The molecule has 0 saturated carbocycles. The number of hydrogen-bond donors (Lipinski definition) is 2. The second-order valence-electron chi connectivity index (χ2n) is 11.0. The average molecular weight is 602 g/mol. The Hall–Kier alpha value is -4.05. The topological polar surface area (TPSA) is 110 Å². The smallest absolute Gasteiger partial charge is 0.326 e. The van der Waals surface area contributed by atoms with Crippen molar-refractivity contribution in [3.05, 3.63) is 121 Å². The van der Waals surface area contributed by atoms with E-state index in [9.17, 15) is 23.1 Å². The third-order valence-corrected chi connectivity index (χ3v) is 14.1. The highest BCUT2D eigenvalue weighted by atomic mass is 32.2. The molecule has 218 valence electrons. The number of nitrogens with one attached hydrogen (secondary N) is 1. The summed E-state index contributed by atoms with van der Waals surface area (Å²) >= 11 is 0. The van der Waals surface area contributed by atoms with E-state index in [0.717, 1.165) is 10.4 Å². The van der Waals surface area contributed by atoms with E-state index in [-0.39, 0.29) is 33.4 Å². The van der Waals surface area contributed by atoms with Gasteiger partial charge in [0.25, 0.3) is 14.2 Å². The van der Waals surface area contributed by atoms with Gasteiger partial charge in [-0.2, -0.15) is 0 Å². The van der Waals surface area contributed by atoms with E-state index in [4.69, 9.17) is 4.43 Å². The maximum Gasteiger partial charge on any atom is 0.326 e. The van der Waals surface area contributed by atoms with Crippen molar-refractivity contribution in [2.45, 2.75) is 48.1 Å². The Morgan fingerprint density at radius 3 is 1.67 bits per heavy atom. The van der Waals surface area contributed by atoms with Crippen molar-refractivity contribution in [3.8, 4) is 0 Å². The monoisotopic (exact) mass is 601 g/mol. The van der Waals surface area contributed by atoms with E-state index in [1.54, 1.807) is 18.2 Å². The molecule has 0 aliphatic carbocycles. The Morgan fingerprint density at radius 1 is 0.762 bits per heavy atom. The van der Waals surface area contributed by atoms with Crippen molar-refractivity contribution in [3.63, 3.8) is 0 Å². The molecular formula is C33H35NO6SSi. The number of carbonyl (C=O) groups is 2. The van der Waals surface area contributed by atoms with Crippen LogP contribution >= 0.6 is 0 Å². The molecule has 0 heterocycles. The van der Waals surface area contributed by atoms with Crippen LogP contribution in [0.15, 0.2) is 125 Å². The van der Waals surface area contributed by atoms with E-state index in [1.165, 1.54) is 36.4 Å². The summed E-state index contributed by atoms with van der Waals surface area (Å²) in [5.41, 5.74) is 0.154. The molecule has 2 N–H and O–H groups in total. The van der Waals surface area contributed by atoms with Gasteiger partial charge in [-0.15, -0.1) is 0 Å². The number of hydrogen-bond acceptors (Lipinski definition) is 5. The number of sulfone groups is 1. The van der Waals surface area contributed by atoms with Gasteiger partial charge in [-0.1, -0.05) is 99.6 Å². The molecule has 4 rings (SSSR count). The molecule has 0 aliphatic heterocycles. The number of carboxylic acids is 1. The minimum atomic E-state index is -3.74. The lowest BCUT2D eigenvalue weighted by Crippen LogP contribution is -2.66. The van der Waals surface area contributed by atoms with Crippen LogP contribution in [0.25, 0.3) is 0 Å². The van der Waals surface area contributed by atoms with Crippen LogP contribution in [0.1, 0.15) is 37.6 Å². The molecular weight excluding hydrogens is 567 g/mol. The van der Waals surface area contributed by atoms with Crippen LogP contribution in [0.5, 0.6) is 0 Å². The van der Waals surface area contributed by atoms with Crippen molar-refractivity contribution in [1.29, 1.82) is 0 Å². The molecule has 0 fully saturated rings. The van der Waals surface area contributed by atoms with Crippen molar-refractivity contribution in [2.24, 2.45) is 0 Å². The van der Waals surface area contributed by atoms with E-state index in [2.05, 4.69) is 50.4 Å². The molecule has 7 nitrogen and oxygen atoms in total. The van der Waals surface area contributed by atoms with Gasteiger partial charge in [0.05, 0.1) is 9.79 Å². The summed E-state index contributed by atoms with van der Waals surface area (Å²) in [6.45, 7) is 6.52. The van der Waals surface area contributed by atoms with Gasteiger partial charge < -0.3 is 14.8 Å². The van der Waals surface area contributed by atoms with Gasteiger partial charge >= 0.3 is 5.97 Å². The molecule has 1 amide bonds. The predicted octanol–water partition coefficient (Wildman–Crippen LogP) is 4.67. The maximum atomic E-state index is 13.0. The van der Waals surface area contributed by atoms with Crippen LogP contribution in [0.3, 0.4) is 0 Å². The standard InChI is InChI=1S/C33H35NO6SSi/c1-33(2,3)42(28-15-9-5-10-16-28,29-17-11-6-12-18-29)40-24-23-30(32(36)37)34-31(35)25-19-21-27(22-20-25)41(38,39)26-13-7-4-8-14-26/h4-22,30H,23-24H2,1-3H3,(H,34,35)(H,36,37)/t30-/m0/s1. The normalized spacial score (nSPS) is 12.8. The second kappa shape index (κ2) is 12.9. The number of aliphatic carboxylic acids is 1. The third-order valence-electron chi connectivity index (χ3n) is 7.23. The predicted molar refractivity (Wildman–Crippen MR) is 165 cm³/mol. The Bertz CT molecular complexity index is 1560. The van der Waals surface area contributed by atoms with E-state index >= 15 is 0 Å². The lowest BCUT2D eigenvalue weighted by molar-refractivity contribution is -0.139. The molecule has 0 spiro atoms. The number of amides is 1. The van der Waals surface area contributed by atoms with Gasteiger partial charge in [0.15, 0.2) is 0 Å². The van der Waals surface area contributed by atoms with Gasteiger partial charge in [-0.05, 0) is 51.8 Å². The molecule has 9 heteroatoms. The average Bonchev–Trinajstić information content (AvgIpc) is 2.99. The van der Waals surface area contributed by atoms with Crippen molar-refractivity contribution >= 4 is 40.4 Å². The quantitative estimate of drug-likeness (QED) is 0.242.